The molecule has 0 saturated heterocycles. The van der Waals surface area contributed by atoms with Crippen LogP contribution in [0.3, 0.4) is 0 Å². The number of likely N-dealkylation sites (N-methyl/N-ethyl adjacent to an activating group) is 1. The van der Waals surface area contributed by atoms with Crippen molar-refractivity contribution in [3.63, 3.8) is 0 Å². The van der Waals surface area contributed by atoms with E-state index in [2.05, 4.69) is 49.9 Å². The standard InChI is InChI=1S/C26H35N3O2S2.ClH/c1-5-28(6-2)17-18-29(24(30)12-9-19-32-21-15-13-20(4)14-16-21)26-27-25-22(31-7-3)10-8-11-23(25)33-26;/h8,10-11,13-16H,5-7,9,12,17-19H2,1-4H3;1H. The highest BCUT2D eigenvalue weighted by molar-refractivity contribution is 7.99. The van der Waals surface area contributed by atoms with Crippen molar-refractivity contribution < 1.29 is 9.53 Å². The number of ether oxygens (including phenoxy) is 1. The second kappa shape index (κ2) is 14.6. The number of thiazole rings is 1. The third-order valence-electron chi connectivity index (χ3n) is 5.56. The lowest BCUT2D eigenvalue weighted by Gasteiger charge is -2.24. The van der Waals surface area contributed by atoms with Gasteiger partial charge >= 0.3 is 0 Å². The van der Waals surface area contributed by atoms with E-state index in [1.54, 1.807) is 23.1 Å². The second-order valence-corrected chi connectivity index (χ2v) is 10.0. The summed E-state index contributed by atoms with van der Waals surface area (Å²) in [4.78, 5) is 23.6. The van der Waals surface area contributed by atoms with Gasteiger partial charge < -0.3 is 9.64 Å². The van der Waals surface area contributed by atoms with Crippen LogP contribution in [0.15, 0.2) is 47.4 Å². The number of aryl methyl sites for hydroxylation is 1. The number of fused-ring (bicyclic) bond motifs is 1. The van der Waals surface area contributed by atoms with Gasteiger partial charge in [-0.05, 0) is 63.4 Å². The predicted molar refractivity (Wildman–Crippen MR) is 149 cm³/mol. The lowest BCUT2D eigenvalue weighted by atomic mass is 10.2. The first-order valence-corrected chi connectivity index (χ1v) is 13.6. The zero-order valence-corrected chi connectivity index (χ0v) is 23.0. The van der Waals surface area contributed by atoms with Crippen molar-refractivity contribution in [2.75, 3.05) is 43.4 Å². The first-order valence-electron chi connectivity index (χ1n) is 11.8. The van der Waals surface area contributed by atoms with Crippen LogP contribution in [0, 0.1) is 6.92 Å². The zero-order valence-electron chi connectivity index (χ0n) is 20.6. The van der Waals surface area contributed by atoms with E-state index in [4.69, 9.17) is 9.72 Å². The lowest BCUT2D eigenvalue weighted by Crippen LogP contribution is -2.38. The van der Waals surface area contributed by atoms with Crippen molar-refractivity contribution in [3.8, 4) is 5.75 Å². The molecule has 0 atom stereocenters. The molecule has 0 radical (unpaired) electrons. The van der Waals surface area contributed by atoms with Gasteiger partial charge in [-0.1, -0.05) is 48.9 Å². The van der Waals surface area contributed by atoms with Crippen molar-refractivity contribution in [2.24, 2.45) is 0 Å². The third-order valence-corrected chi connectivity index (χ3v) is 7.70. The van der Waals surface area contributed by atoms with Crippen molar-refractivity contribution in [1.82, 2.24) is 9.88 Å². The first kappa shape index (κ1) is 28.4. The van der Waals surface area contributed by atoms with Crippen LogP contribution < -0.4 is 9.64 Å². The normalized spacial score (nSPS) is 11.0. The van der Waals surface area contributed by atoms with E-state index in [-0.39, 0.29) is 18.3 Å². The van der Waals surface area contributed by atoms with Crippen molar-refractivity contribution in [2.45, 2.75) is 45.4 Å². The fraction of sp³-hybridized carbons (Fsp3) is 0.462. The van der Waals surface area contributed by atoms with E-state index >= 15 is 0 Å². The Morgan fingerprint density at radius 1 is 1.06 bits per heavy atom. The van der Waals surface area contributed by atoms with E-state index in [0.717, 1.165) is 52.9 Å². The largest absolute Gasteiger partial charge is 0.492 e. The van der Waals surface area contributed by atoms with Gasteiger partial charge in [0, 0.05) is 24.4 Å². The molecule has 0 aliphatic rings. The van der Waals surface area contributed by atoms with Crippen LogP contribution in [0.1, 0.15) is 39.2 Å². The third kappa shape index (κ3) is 7.87. The summed E-state index contributed by atoms with van der Waals surface area (Å²) in [5, 5.41) is 0.764. The molecule has 0 bridgehead atoms. The van der Waals surface area contributed by atoms with E-state index < -0.39 is 0 Å². The lowest BCUT2D eigenvalue weighted by molar-refractivity contribution is -0.118. The zero-order chi connectivity index (χ0) is 23.6. The highest BCUT2D eigenvalue weighted by Crippen LogP contribution is 2.34. The van der Waals surface area contributed by atoms with Crippen LogP contribution in [-0.2, 0) is 4.79 Å². The number of anilines is 1. The maximum Gasteiger partial charge on any atom is 0.228 e. The van der Waals surface area contributed by atoms with Gasteiger partial charge in [0.1, 0.15) is 11.3 Å². The smallest absolute Gasteiger partial charge is 0.228 e. The molecule has 5 nitrogen and oxygen atoms in total. The summed E-state index contributed by atoms with van der Waals surface area (Å²) in [5.74, 6) is 1.85. The van der Waals surface area contributed by atoms with Crippen LogP contribution >= 0.6 is 35.5 Å². The molecule has 8 heteroatoms. The molecule has 0 unspecified atom stereocenters. The topological polar surface area (TPSA) is 45.7 Å². The molecule has 0 aliphatic heterocycles. The Hall–Kier alpha value is -1.80. The molecule has 0 spiro atoms. The van der Waals surface area contributed by atoms with E-state index in [1.165, 1.54) is 10.5 Å². The maximum absolute atomic E-state index is 13.3. The van der Waals surface area contributed by atoms with Gasteiger partial charge in [-0.3, -0.25) is 9.69 Å². The predicted octanol–water partition coefficient (Wildman–Crippen LogP) is 6.67. The van der Waals surface area contributed by atoms with Crippen LogP contribution in [0.2, 0.25) is 0 Å². The number of hydrogen-bond acceptors (Lipinski definition) is 6. The monoisotopic (exact) mass is 521 g/mol. The Kier molecular flexibility index (Phi) is 12.2. The van der Waals surface area contributed by atoms with Crippen molar-refractivity contribution in [1.29, 1.82) is 0 Å². The van der Waals surface area contributed by atoms with Gasteiger partial charge in [0.2, 0.25) is 5.91 Å². The highest BCUT2D eigenvalue weighted by atomic mass is 35.5. The van der Waals surface area contributed by atoms with E-state index in [9.17, 15) is 4.79 Å². The first-order chi connectivity index (χ1) is 16.0. The summed E-state index contributed by atoms with van der Waals surface area (Å²) in [7, 11) is 0. The van der Waals surface area contributed by atoms with Crippen molar-refractivity contribution in [3.05, 3.63) is 48.0 Å². The number of rotatable bonds is 13. The van der Waals surface area contributed by atoms with Crippen molar-refractivity contribution >= 4 is 56.8 Å². The fourth-order valence-electron chi connectivity index (χ4n) is 3.59. The van der Waals surface area contributed by atoms with Gasteiger partial charge in [-0.2, -0.15) is 0 Å². The van der Waals surface area contributed by atoms with Gasteiger partial charge in [-0.25, -0.2) is 4.98 Å². The summed E-state index contributed by atoms with van der Waals surface area (Å²) in [6, 6.07) is 14.5. The number of hydrogen-bond donors (Lipinski definition) is 0. The molecule has 0 aliphatic carbocycles. The molecule has 0 saturated carbocycles. The highest BCUT2D eigenvalue weighted by Gasteiger charge is 2.21. The Labute approximate surface area is 218 Å². The Morgan fingerprint density at radius 2 is 1.79 bits per heavy atom. The number of halogens is 1. The quantitative estimate of drug-likeness (QED) is 0.185. The molecule has 3 aromatic rings. The number of carbonyl (C=O) groups is 1. The van der Waals surface area contributed by atoms with Crippen LogP contribution in [0.4, 0.5) is 5.13 Å². The number of carbonyl (C=O) groups excluding carboxylic acids is 1. The van der Waals surface area contributed by atoms with E-state index in [0.29, 0.717) is 19.6 Å². The Balaban J connectivity index is 0.00000408. The van der Waals surface area contributed by atoms with Gasteiger partial charge in [0.15, 0.2) is 5.13 Å². The number of aromatic nitrogens is 1. The van der Waals surface area contributed by atoms with Gasteiger partial charge in [-0.15, -0.1) is 24.2 Å². The number of nitrogens with zero attached hydrogens (tertiary/aromatic N) is 3. The summed E-state index contributed by atoms with van der Waals surface area (Å²) < 4.78 is 6.81. The van der Waals surface area contributed by atoms with Crippen LogP contribution in [0.25, 0.3) is 10.2 Å². The molecule has 3 rings (SSSR count). The molecule has 1 heterocycles. The molecular weight excluding hydrogens is 486 g/mol. The molecule has 186 valence electrons. The number of thioether (sulfide) groups is 1. The van der Waals surface area contributed by atoms with Crippen LogP contribution in [-0.4, -0.2) is 54.3 Å². The molecule has 1 amide bonds. The minimum Gasteiger partial charge on any atom is -0.492 e. The number of para-hydroxylation sites is 1. The van der Waals surface area contributed by atoms with E-state index in [1.807, 2.05) is 30.0 Å². The number of amides is 1. The average Bonchev–Trinajstić information content (AvgIpc) is 3.26. The number of benzene rings is 2. The van der Waals surface area contributed by atoms with Gasteiger partial charge in [0.25, 0.3) is 0 Å². The summed E-state index contributed by atoms with van der Waals surface area (Å²) in [5.41, 5.74) is 2.11. The average molecular weight is 522 g/mol. The van der Waals surface area contributed by atoms with Crippen LogP contribution in [0.5, 0.6) is 5.75 Å². The molecule has 2 aromatic carbocycles. The Morgan fingerprint density at radius 3 is 2.47 bits per heavy atom. The second-order valence-electron chi connectivity index (χ2n) is 7.87. The minimum atomic E-state index is 0. The molecule has 34 heavy (non-hydrogen) atoms. The summed E-state index contributed by atoms with van der Waals surface area (Å²) in [6.07, 6.45) is 1.36. The summed E-state index contributed by atoms with van der Waals surface area (Å²) >= 11 is 3.38. The molecule has 0 fully saturated rings. The summed E-state index contributed by atoms with van der Waals surface area (Å²) in [6.45, 7) is 12.4. The molecule has 0 N–H and O–H groups in total. The SMILES string of the molecule is CCOc1cccc2sc(N(CCN(CC)CC)C(=O)CCCSc3ccc(C)cc3)nc12.Cl. The maximum atomic E-state index is 13.3. The van der Waals surface area contributed by atoms with Gasteiger partial charge in [0.05, 0.1) is 11.3 Å². The fourth-order valence-corrected chi connectivity index (χ4v) is 5.47. The molecular formula is C26H36ClN3O2S2. The minimum absolute atomic E-state index is 0. The molecule has 1 aromatic heterocycles. The Bertz CT molecular complexity index is 1020.